The zero-order valence-corrected chi connectivity index (χ0v) is 28.9. The normalized spacial score (nSPS) is 22.4. The van der Waals surface area contributed by atoms with Crippen molar-refractivity contribution in [3.05, 3.63) is 63.7 Å². The molecular weight excluding hydrogens is 700 g/mol. The summed E-state index contributed by atoms with van der Waals surface area (Å²) in [5, 5.41) is 14.7. The predicted octanol–water partition coefficient (Wildman–Crippen LogP) is 6.65. The molecule has 3 heterocycles. The quantitative estimate of drug-likeness (QED) is 0.211. The maximum Gasteiger partial charge on any atom is 0.401 e. The Morgan fingerprint density at radius 1 is 0.960 bits per heavy atom. The zero-order valence-electron chi connectivity index (χ0n) is 27.3. The van der Waals surface area contributed by atoms with E-state index >= 15 is 4.39 Å². The van der Waals surface area contributed by atoms with Gasteiger partial charge in [0.1, 0.15) is 5.82 Å². The molecule has 1 aliphatic carbocycles. The van der Waals surface area contributed by atoms with Crippen molar-refractivity contribution >= 4 is 56.4 Å². The Bertz CT molecular complexity index is 1720. The maximum atomic E-state index is 15.8. The Morgan fingerprint density at radius 2 is 1.62 bits per heavy atom. The van der Waals surface area contributed by atoms with E-state index < -0.39 is 60.5 Å². The monoisotopic (exact) mass is 738 g/mol. The Hall–Kier alpha value is -3.14. The first-order valence-electron chi connectivity index (χ1n) is 16.8. The summed E-state index contributed by atoms with van der Waals surface area (Å²) in [6, 6.07) is 9.79. The van der Waals surface area contributed by atoms with Crippen LogP contribution in [0.5, 0.6) is 0 Å². The summed E-state index contributed by atoms with van der Waals surface area (Å²) in [7, 11) is 0. The number of likely N-dealkylation sites (tertiary alicyclic amines) is 1. The number of alkyl halides is 3. The summed E-state index contributed by atoms with van der Waals surface area (Å²) in [6.45, 7) is 0.217. The minimum absolute atomic E-state index is 0.0172. The lowest BCUT2D eigenvalue weighted by Gasteiger charge is -2.52. The Morgan fingerprint density at radius 3 is 2.28 bits per heavy atom. The fourth-order valence-corrected chi connectivity index (χ4v) is 8.54. The van der Waals surface area contributed by atoms with Crippen LogP contribution in [0.2, 0.25) is 5.02 Å². The molecule has 15 heteroatoms. The zero-order chi connectivity index (χ0) is 35.6. The van der Waals surface area contributed by atoms with Crippen LogP contribution in [-0.4, -0.2) is 101 Å². The average molecular weight is 739 g/mol. The molecule has 2 aliphatic heterocycles. The lowest BCUT2D eigenvalue weighted by molar-refractivity contribution is -0.262. The lowest BCUT2D eigenvalue weighted by Crippen LogP contribution is -2.71. The molecule has 1 saturated carbocycles. The number of carbonyl (C=O) groups is 3. The van der Waals surface area contributed by atoms with E-state index in [2.05, 4.69) is 5.32 Å². The van der Waals surface area contributed by atoms with Crippen LogP contribution in [0, 0.1) is 11.7 Å². The number of halogens is 5. The number of amides is 1. The predicted molar refractivity (Wildman–Crippen MR) is 182 cm³/mol. The van der Waals surface area contributed by atoms with Crippen molar-refractivity contribution in [3.8, 4) is 0 Å². The maximum absolute atomic E-state index is 15.8. The van der Waals surface area contributed by atoms with Crippen LogP contribution in [-0.2, 0) is 20.7 Å². The number of Topliss-reactive ketones (excluding diaryl/α,β-unsaturated/α-hetero) is 1. The third kappa shape index (κ3) is 8.00. The van der Waals surface area contributed by atoms with Crippen molar-refractivity contribution in [2.24, 2.45) is 5.92 Å². The standard InChI is InChI=1S/C35H39ClF4N4O5S/c36-27-17-23(28(37)19-29(27)41-32(46)26-20-50-30-6-2-1-5-25(26)30)18-31(45)35(43-11-3-4-12-43,49-24-9-7-22(8-10-24)33(47)48)44-15-13-42(14-16-44)21-34(38,39)40/h1-2,5-6,17,19-20,22,24H,3-4,7-16,18,21H2,(H,41,46)(H,47,48)/t22-,24-,35?. The number of carboxylic acid groups (broad SMARTS) is 1. The van der Waals surface area contributed by atoms with Crippen molar-refractivity contribution in [2.75, 3.05) is 51.1 Å². The molecule has 3 aromatic rings. The second kappa shape index (κ2) is 15.2. The second-order valence-electron chi connectivity index (χ2n) is 13.2. The molecule has 0 radical (unpaired) electrons. The minimum atomic E-state index is -4.37. The fraction of sp³-hybridized carbons (Fsp3) is 0.514. The van der Waals surface area contributed by atoms with E-state index in [1.165, 1.54) is 22.3 Å². The summed E-state index contributed by atoms with van der Waals surface area (Å²) in [6.07, 6.45) is -2.24. The van der Waals surface area contributed by atoms with Gasteiger partial charge in [0.25, 0.3) is 5.91 Å². The van der Waals surface area contributed by atoms with Crippen molar-refractivity contribution in [2.45, 2.75) is 63.1 Å². The van der Waals surface area contributed by atoms with E-state index in [1.54, 1.807) is 10.3 Å². The van der Waals surface area contributed by atoms with E-state index in [1.807, 2.05) is 29.2 Å². The summed E-state index contributed by atoms with van der Waals surface area (Å²) < 4.78 is 63.2. The van der Waals surface area contributed by atoms with Gasteiger partial charge in [-0.3, -0.25) is 29.1 Å². The van der Waals surface area contributed by atoms with E-state index in [9.17, 15) is 32.7 Å². The van der Waals surface area contributed by atoms with Gasteiger partial charge in [0.05, 0.1) is 34.8 Å². The number of anilines is 1. The van der Waals surface area contributed by atoms with Crippen molar-refractivity contribution < 1.29 is 41.8 Å². The summed E-state index contributed by atoms with van der Waals surface area (Å²) >= 11 is 7.98. The smallest absolute Gasteiger partial charge is 0.401 e. The van der Waals surface area contributed by atoms with E-state index in [0.717, 1.165) is 29.0 Å². The molecule has 2 N–H and O–H groups in total. The number of carbonyl (C=O) groups excluding carboxylic acids is 2. The van der Waals surface area contributed by atoms with Gasteiger partial charge >= 0.3 is 12.1 Å². The van der Waals surface area contributed by atoms with Crippen LogP contribution >= 0.6 is 22.9 Å². The molecule has 270 valence electrons. The topological polar surface area (TPSA) is 102 Å². The summed E-state index contributed by atoms with van der Waals surface area (Å²) in [5.74, 6) is -4.82. The largest absolute Gasteiger partial charge is 0.481 e. The van der Waals surface area contributed by atoms with Crippen LogP contribution in [0.3, 0.4) is 0 Å². The number of nitrogens with zero attached hydrogens (tertiary/aromatic N) is 3. The molecule has 0 bridgehead atoms. The van der Waals surface area contributed by atoms with Crippen LogP contribution in [0.15, 0.2) is 41.8 Å². The number of thiophene rings is 1. The van der Waals surface area contributed by atoms with Crippen molar-refractivity contribution in [3.63, 3.8) is 0 Å². The molecule has 3 fully saturated rings. The highest BCUT2D eigenvalue weighted by Crippen LogP contribution is 2.38. The molecule has 9 nitrogen and oxygen atoms in total. The van der Waals surface area contributed by atoms with E-state index in [0.29, 0.717) is 44.3 Å². The number of ether oxygens (including phenoxy) is 1. The van der Waals surface area contributed by atoms with Crippen molar-refractivity contribution in [1.29, 1.82) is 0 Å². The Kier molecular flexibility index (Phi) is 11.2. The highest BCUT2D eigenvalue weighted by atomic mass is 35.5. The average Bonchev–Trinajstić information content (AvgIpc) is 3.77. The van der Waals surface area contributed by atoms with Gasteiger partial charge in [-0.15, -0.1) is 11.3 Å². The van der Waals surface area contributed by atoms with E-state index in [4.69, 9.17) is 16.3 Å². The number of benzene rings is 2. The first-order chi connectivity index (χ1) is 23.8. The molecule has 1 amide bonds. The molecule has 1 atom stereocenters. The first-order valence-corrected chi connectivity index (χ1v) is 18.1. The van der Waals surface area contributed by atoms with Crippen LogP contribution in [0.4, 0.5) is 23.2 Å². The molecule has 1 unspecified atom stereocenters. The van der Waals surface area contributed by atoms with Crippen LogP contribution in [0.1, 0.15) is 54.4 Å². The van der Waals surface area contributed by atoms with Gasteiger partial charge in [-0.2, -0.15) is 13.2 Å². The van der Waals surface area contributed by atoms with Gasteiger partial charge in [-0.1, -0.05) is 29.8 Å². The second-order valence-corrected chi connectivity index (χ2v) is 14.6. The van der Waals surface area contributed by atoms with Crippen LogP contribution < -0.4 is 5.32 Å². The number of aliphatic carboxylic acids is 1. The molecule has 2 saturated heterocycles. The third-order valence-electron chi connectivity index (χ3n) is 9.92. The summed E-state index contributed by atoms with van der Waals surface area (Å²) in [5.41, 5.74) is 0.441. The molecular formula is C35H39ClF4N4O5S. The minimum Gasteiger partial charge on any atom is -0.481 e. The number of piperazine rings is 1. The SMILES string of the molecule is O=C(Nc1cc(F)c(CC(=O)C(O[C@H]2CC[C@H](C(=O)O)CC2)(N2CCCC2)N2CCN(CC(F)(F)F)CC2)cc1Cl)c1csc2ccccc12. The van der Waals surface area contributed by atoms with Gasteiger partial charge < -0.3 is 15.2 Å². The molecule has 6 rings (SSSR count). The molecule has 1 aromatic heterocycles. The molecule has 50 heavy (non-hydrogen) atoms. The van der Waals surface area contributed by atoms with Gasteiger partial charge in [-0.25, -0.2) is 4.39 Å². The van der Waals surface area contributed by atoms with Gasteiger partial charge in [0.2, 0.25) is 5.85 Å². The molecule has 0 spiro atoms. The number of rotatable bonds is 11. The highest BCUT2D eigenvalue weighted by molar-refractivity contribution is 7.17. The number of nitrogens with one attached hydrogen (secondary N) is 1. The van der Waals surface area contributed by atoms with Gasteiger partial charge in [0, 0.05) is 61.2 Å². The number of fused-ring (bicyclic) bond motifs is 1. The number of ketones is 1. The van der Waals surface area contributed by atoms with E-state index in [-0.39, 0.29) is 42.5 Å². The lowest BCUT2D eigenvalue weighted by atomic mass is 9.87. The highest BCUT2D eigenvalue weighted by Gasteiger charge is 2.53. The van der Waals surface area contributed by atoms with Gasteiger partial charge in [-0.05, 0) is 62.3 Å². The molecule has 2 aromatic carbocycles. The number of hydrogen-bond donors (Lipinski definition) is 2. The Labute approximate surface area is 296 Å². The number of carboxylic acids is 1. The Balaban J connectivity index is 1.27. The first kappa shape index (κ1) is 36.6. The third-order valence-corrected chi connectivity index (χ3v) is 11.2. The number of hydrogen-bond acceptors (Lipinski definition) is 8. The van der Waals surface area contributed by atoms with Crippen LogP contribution in [0.25, 0.3) is 10.1 Å². The fourth-order valence-electron chi connectivity index (χ4n) is 7.36. The van der Waals surface area contributed by atoms with Gasteiger partial charge in [0.15, 0.2) is 5.78 Å². The summed E-state index contributed by atoms with van der Waals surface area (Å²) in [4.78, 5) is 44.5. The van der Waals surface area contributed by atoms with Crippen molar-refractivity contribution in [1.82, 2.24) is 14.7 Å². The molecule has 3 aliphatic rings.